The van der Waals surface area contributed by atoms with Crippen LogP contribution in [-0.2, 0) is 9.59 Å². The van der Waals surface area contributed by atoms with E-state index in [2.05, 4.69) is 10.6 Å². The Morgan fingerprint density at radius 2 is 1.74 bits per heavy atom. The van der Waals surface area contributed by atoms with Crippen LogP contribution < -0.4 is 10.6 Å². The van der Waals surface area contributed by atoms with Crippen LogP contribution in [0.15, 0.2) is 0 Å². The highest BCUT2D eigenvalue weighted by molar-refractivity contribution is 5.81. The highest BCUT2D eigenvalue weighted by atomic mass is 16.2. The summed E-state index contributed by atoms with van der Waals surface area (Å²) in [6.07, 6.45) is 6.16. The van der Waals surface area contributed by atoms with Crippen LogP contribution in [0.1, 0.15) is 59.3 Å². The average molecular weight is 323 g/mol. The van der Waals surface area contributed by atoms with Gasteiger partial charge >= 0.3 is 0 Å². The van der Waals surface area contributed by atoms with Crippen molar-refractivity contribution < 1.29 is 9.59 Å². The minimum absolute atomic E-state index is 0.0486. The van der Waals surface area contributed by atoms with E-state index in [0.29, 0.717) is 19.0 Å². The van der Waals surface area contributed by atoms with E-state index in [1.807, 2.05) is 25.7 Å². The van der Waals surface area contributed by atoms with Crippen LogP contribution in [-0.4, -0.2) is 48.9 Å². The lowest BCUT2D eigenvalue weighted by Crippen LogP contribution is -2.45. The fraction of sp³-hybridized carbons (Fsp3) is 0.889. The molecule has 0 spiro atoms. The molecule has 0 aromatic heterocycles. The molecule has 0 aromatic rings. The predicted molar refractivity (Wildman–Crippen MR) is 92.0 cm³/mol. The van der Waals surface area contributed by atoms with Gasteiger partial charge in [0.05, 0.1) is 0 Å². The summed E-state index contributed by atoms with van der Waals surface area (Å²) in [6, 6.07) is 0.589. The van der Waals surface area contributed by atoms with Crippen LogP contribution in [0.4, 0.5) is 0 Å². The van der Waals surface area contributed by atoms with E-state index in [1.54, 1.807) is 0 Å². The van der Waals surface area contributed by atoms with Gasteiger partial charge in [0.15, 0.2) is 0 Å². The van der Waals surface area contributed by atoms with Gasteiger partial charge in [-0.15, -0.1) is 0 Å². The second-order valence-electron chi connectivity index (χ2n) is 8.12. The van der Waals surface area contributed by atoms with Gasteiger partial charge in [-0.25, -0.2) is 0 Å². The molecule has 0 radical (unpaired) electrons. The number of nitrogens with one attached hydrogen (secondary N) is 2. The molecule has 23 heavy (non-hydrogen) atoms. The van der Waals surface area contributed by atoms with Crippen molar-refractivity contribution in [1.82, 2.24) is 15.5 Å². The van der Waals surface area contributed by atoms with E-state index in [9.17, 15) is 9.59 Å². The molecule has 2 amide bonds. The zero-order valence-electron chi connectivity index (χ0n) is 15.0. The van der Waals surface area contributed by atoms with E-state index in [0.717, 1.165) is 44.8 Å². The summed E-state index contributed by atoms with van der Waals surface area (Å²) in [5.74, 6) is 1.20. The van der Waals surface area contributed by atoms with E-state index in [-0.39, 0.29) is 17.2 Å². The average Bonchev–Trinajstić information content (AvgIpc) is 3.33. The Bertz CT molecular complexity index is 405. The Labute approximate surface area is 140 Å². The Morgan fingerprint density at radius 1 is 1.09 bits per heavy atom. The van der Waals surface area contributed by atoms with Gasteiger partial charge in [0.25, 0.3) is 0 Å². The highest BCUT2D eigenvalue weighted by Crippen LogP contribution is 2.28. The number of amides is 2. The van der Waals surface area contributed by atoms with Gasteiger partial charge in [-0.05, 0) is 44.6 Å². The highest BCUT2D eigenvalue weighted by Gasteiger charge is 2.26. The minimum Gasteiger partial charge on any atom is -0.356 e. The molecule has 0 unspecified atom stereocenters. The monoisotopic (exact) mass is 323 g/mol. The molecule has 0 bridgehead atoms. The smallest absolute Gasteiger partial charge is 0.225 e. The Hall–Kier alpha value is -1.10. The summed E-state index contributed by atoms with van der Waals surface area (Å²) >= 11 is 0. The van der Waals surface area contributed by atoms with E-state index in [1.165, 1.54) is 12.8 Å². The van der Waals surface area contributed by atoms with Crippen molar-refractivity contribution in [2.45, 2.75) is 65.3 Å². The summed E-state index contributed by atoms with van der Waals surface area (Å²) in [4.78, 5) is 25.9. The molecule has 1 aliphatic heterocycles. The van der Waals surface area contributed by atoms with Crippen molar-refractivity contribution in [3.05, 3.63) is 0 Å². The molecule has 5 heteroatoms. The molecule has 132 valence electrons. The van der Waals surface area contributed by atoms with Crippen LogP contribution >= 0.6 is 0 Å². The molecule has 1 heterocycles. The van der Waals surface area contributed by atoms with E-state index in [4.69, 9.17) is 0 Å². The van der Waals surface area contributed by atoms with Crippen LogP contribution in [0.2, 0.25) is 0 Å². The van der Waals surface area contributed by atoms with Gasteiger partial charge in [0, 0.05) is 37.5 Å². The van der Waals surface area contributed by atoms with Gasteiger partial charge in [-0.1, -0.05) is 20.8 Å². The molecular weight excluding hydrogens is 290 g/mol. The quantitative estimate of drug-likeness (QED) is 0.704. The first kappa shape index (κ1) is 18.2. The van der Waals surface area contributed by atoms with Gasteiger partial charge in [0.1, 0.15) is 0 Å². The van der Waals surface area contributed by atoms with Crippen molar-refractivity contribution in [2.75, 3.05) is 26.2 Å². The normalized spacial score (nSPS) is 19.7. The lowest BCUT2D eigenvalue weighted by molar-refractivity contribution is -0.133. The summed E-state index contributed by atoms with van der Waals surface area (Å²) in [7, 11) is 0. The van der Waals surface area contributed by atoms with Crippen LogP contribution in [0.25, 0.3) is 0 Å². The molecule has 2 fully saturated rings. The summed E-state index contributed by atoms with van der Waals surface area (Å²) in [5, 5.41) is 6.54. The minimum atomic E-state index is -0.362. The van der Waals surface area contributed by atoms with Crippen molar-refractivity contribution in [3.63, 3.8) is 0 Å². The number of likely N-dealkylation sites (tertiary alicyclic amines) is 1. The van der Waals surface area contributed by atoms with Gasteiger partial charge in [0.2, 0.25) is 11.8 Å². The number of rotatable bonds is 7. The number of carbonyl (C=O) groups excluding carboxylic acids is 2. The molecular formula is C18H33N3O2. The molecule has 2 rings (SSSR count). The molecule has 1 saturated heterocycles. The third kappa shape index (κ3) is 6.50. The zero-order valence-corrected chi connectivity index (χ0v) is 15.0. The van der Waals surface area contributed by atoms with Crippen LogP contribution in [0.3, 0.4) is 0 Å². The maximum Gasteiger partial charge on any atom is 0.225 e. The van der Waals surface area contributed by atoms with Gasteiger partial charge < -0.3 is 15.5 Å². The number of piperidine rings is 1. The number of hydrogen-bond donors (Lipinski definition) is 2. The Balaban J connectivity index is 1.55. The second-order valence-corrected chi connectivity index (χ2v) is 8.12. The number of hydrogen-bond acceptors (Lipinski definition) is 3. The second kappa shape index (κ2) is 8.13. The summed E-state index contributed by atoms with van der Waals surface area (Å²) < 4.78 is 0. The predicted octanol–water partition coefficient (Wildman–Crippen LogP) is 1.92. The van der Waals surface area contributed by atoms with Gasteiger partial charge in [-0.3, -0.25) is 9.59 Å². The van der Waals surface area contributed by atoms with Gasteiger partial charge in [-0.2, -0.15) is 0 Å². The van der Waals surface area contributed by atoms with Crippen molar-refractivity contribution in [3.8, 4) is 0 Å². The standard InChI is InChI=1S/C18H33N3O2/c1-18(2,3)17(23)19-10-4-5-16(22)21-11-8-15(9-12-21)20-13-14-6-7-14/h14-15,20H,4-13H2,1-3H3,(H,19,23). The first-order valence-electron chi connectivity index (χ1n) is 9.15. The maximum absolute atomic E-state index is 12.2. The first-order valence-corrected chi connectivity index (χ1v) is 9.15. The van der Waals surface area contributed by atoms with Crippen LogP contribution in [0, 0.1) is 11.3 Å². The molecule has 1 saturated carbocycles. The van der Waals surface area contributed by atoms with Crippen LogP contribution in [0.5, 0.6) is 0 Å². The largest absolute Gasteiger partial charge is 0.356 e. The maximum atomic E-state index is 12.2. The third-order valence-electron chi connectivity index (χ3n) is 4.77. The molecule has 2 aliphatic rings. The number of carbonyl (C=O) groups is 2. The fourth-order valence-electron chi connectivity index (χ4n) is 2.85. The topological polar surface area (TPSA) is 61.4 Å². The van der Waals surface area contributed by atoms with Crippen molar-refractivity contribution >= 4 is 11.8 Å². The molecule has 2 N–H and O–H groups in total. The molecule has 1 aliphatic carbocycles. The lowest BCUT2D eigenvalue weighted by atomic mass is 9.96. The molecule has 5 nitrogen and oxygen atoms in total. The first-order chi connectivity index (χ1) is 10.9. The third-order valence-corrected chi connectivity index (χ3v) is 4.77. The lowest BCUT2D eigenvalue weighted by Gasteiger charge is -2.32. The summed E-state index contributed by atoms with van der Waals surface area (Å²) in [5.41, 5.74) is -0.362. The zero-order chi connectivity index (χ0) is 16.9. The number of nitrogens with zero attached hydrogens (tertiary/aromatic N) is 1. The van der Waals surface area contributed by atoms with E-state index < -0.39 is 0 Å². The Morgan fingerprint density at radius 3 is 2.30 bits per heavy atom. The van der Waals surface area contributed by atoms with Crippen molar-refractivity contribution in [1.29, 1.82) is 0 Å². The van der Waals surface area contributed by atoms with Crippen molar-refractivity contribution in [2.24, 2.45) is 11.3 Å². The van der Waals surface area contributed by atoms with E-state index >= 15 is 0 Å². The molecule has 0 aromatic carbocycles. The molecule has 0 atom stereocenters. The SMILES string of the molecule is CC(C)(C)C(=O)NCCCC(=O)N1CCC(NCC2CC2)CC1. The Kier molecular flexibility index (Phi) is 6.45. The summed E-state index contributed by atoms with van der Waals surface area (Å²) in [6.45, 7) is 9.18. The fourth-order valence-corrected chi connectivity index (χ4v) is 2.85.